The van der Waals surface area contributed by atoms with Crippen LogP contribution < -0.4 is 0 Å². The van der Waals surface area contributed by atoms with Crippen LogP contribution in [-0.4, -0.2) is 49.7 Å². The molecule has 2 aromatic carbocycles. The van der Waals surface area contributed by atoms with Crippen LogP contribution in [0.2, 0.25) is 5.02 Å². The lowest BCUT2D eigenvalue weighted by Gasteiger charge is -2.34. The van der Waals surface area contributed by atoms with Gasteiger partial charge < -0.3 is 4.90 Å². The van der Waals surface area contributed by atoms with Crippen molar-refractivity contribution in [2.24, 2.45) is 0 Å². The Morgan fingerprint density at radius 2 is 1.69 bits per heavy atom. The first kappa shape index (κ1) is 18.8. The maximum absolute atomic E-state index is 13.9. The van der Waals surface area contributed by atoms with E-state index in [0.29, 0.717) is 5.56 Å². The SMILES string of the molecule is Cc1ccccc1S(=O)(=O)N1CCN(C(=O)c2c(F)cccc2Cl)CC1. The molecule has 1 fully saturated rings. The maximum Gasteiger partial charge on any atom is 0.258 e. The van der Waals surface area contributed by atoms with Gasteiger partial charge in [-0.3, -0.25) is 4.79 Å². The summed E-state index contributed by atoms with van der Waals surface area (Å²) < 4.78 is 40.9. The standard InChI is InChI=1S/C18H18ClFN2O3S/c1-13-5-2-3-8-16(13)26(24,25)22-11-9-21(10-12-22)18(23)17-14(19)6-4-7-15(17)20/h2-8H,9-12H2,1H3. The molecule has 1 aliphatic rings. The van der Waals surface area contributed by atoms with Gasteiger partial charge in [-0.15, -0.1) is 0 Å². The van der Waals surface area contributed by atoms with Gasteiger partial charge in [0.1, 0.15) is 5.82 Å². The molecule has 1 heterocycles. The number of halogens is 2. The van der Waals surface area contributed by atoms with Crippen LogP contribution >= 0.6 is 11.6 Å². The van der Waals surface area contributed by atoms with Crippen LogP contribution in [0.5, 0.6) is 0 Å². The minimum atomic E-state index is -3.63. The van der Waals surface area contributed by atoms with Crippen molar-refractivity contribution in [2.45, 2.75) is 11.8 Å². The number of aryl methyl sites for hydroxylation is 1. The molecule has 2 aromatic rings. The Hall–Kier alpha value is -1.96. The summed E-state index contributed by atoms with van der Waals surface area (Å²) in [6.07, 6.45) is 0. The summed E-state index contributed by atoms with van der Waals surface area (Å²) in [6.45, 7) is 2.39. The molecular weight excluding hydrogens is 379 g/mol. The Kier molecular flexibility index (Phi) is 5.32. The van der Waals surface area contributed by atoms with Crippen molar-refractivity contribution in [1.82, 2.24) is 9.21 Å². The molecule has 1 amide bonds. The number of amides is 1. The third-order valence-corrected chi connectivity index (χ3v) is 6.79. The fraction of sp³-hybridized carbons (Fsp3) is 0.278. The smallest absolute Gasteiger partial charge is 0.258 e. The number of carbonyl (C=O) groups is 1. The van der Waals surface area contributed by atoms with Gasteiger partial charge in [0.05, 0.1) is 15.5 Å². The molecule has 0 saturated carbocycles. The third kappa shape index (κ3) is 3.47. The normalized spacial score (nSPS) is 15.9. The highest BCUT2D eigenvalue weighted by Gasteiger charge is 2.32. The average molecular weight is 397 g/mol. The van der Waals surface area contributed by atoms with Crippen LogP contribution in [0.1, 0.15) is 15.9 Å². The second-order valence-corrected chi connectivity index (χ2v) is 8.37. The summed E-state index contributed by atoms with van der Waals surface area (Å²) in [5.74, 6) is -1.21. The molecule has 8 heteroatoms. The molecule has 1 aliphatic heterocycles. The minimum Gasteiger partial charge on any atom is -0.336 e. The lowest BCUT2D eigenvalue weighted by Crippen LogP contribution is -2.50. The third-order valence-electron chi connectivity index (χ3n) is 4.41. The van der Waals surface area contributed by atoms with E-state index in [1.165, 1.54) is 27.4 Å². The zero-order chi connectivity index (χ0) is 18.9. The number of hydrogen-bond donors (Lipinski definition) is 0. The molecule has 26 heavy (non-hydrogen) atoms. The molecule has 0 spiro atoms. The van der Waals surface area contributed by atoms with Crippen molar-refractivity contribution in [3.05, 3.63) is 64.4 Å². The molecule has 138 valence electrons. The van der Waals surface area contributed by atoms with Crippen LogP contribution in [0.15, 0.2) is 47.4 Å². The predicted octanol–water partition coefficient (Wildman–Crippen LogP) is 2.93. The van der Waals surface area contributed by atoms with E-state index in [9.17, 15) is 17.6 Å². The van der Waals surface area contributed by atoms with Crippen molar-refractivity contribution < 1.29 is 17.6 Å². The summed E-state index contributed by atoms with van der Waals surface area (Å²) >= 11 is 5.95. The fourth-order valence-electron chi connectivity index (χ4n) is 2.98. The van der Waals surface area contributed by atoms with Crippen molar-refractivity contribution in [2.75, 3.05) is 26.2 Å². The summed E-state index contributed by atoms with van der Waals surface area (Å²) in [6, 6.07) is 10.8. The summed E-state index contributed by atoms with van der Waals surface area (Å²) in [7, 11) is -3.63. The monoisotopic (exact) mass is 396 g/mol. The van der Waals surface area contributed by atoms with Gasteiger partial charge in [0.15, 0.2) is 0 Å². The number of piperazine rings is 1. The van der Waals surface area contributed by atoms with E-state index in [2.05, 4.69) is 0 Å². The van der Waals surface area contributed by atoms with Gasteiger partial charge in [-0.05, 0) is 30.7 Å². The first-order chi connectivity index (χ1) is 12.3. The molecule has 0 aliphatic carbocycles. The summed E-state index contributed by atoms with van der Waals surface area (Å²) in [5.41, 5.74) is 0.494. The molecule has 3 rings (SSSR count). The van der Waals surface area contributed by atoms with Gasteiger partial charge in [0.2, 0.25) is 10.0 Å². The number of benzene rings is 2. The van der Waals surface area contributed by atoms with Gasteiger partial charge in [0, 0.05) is 26.2 Å². The van der Waals surface area contributed by atoms with E-state index in [-0.39, 0.29) is 41.7 Å². The highest BCUT2D eigenvalue weighted by molar-refractivity contribution is 7.89. The Morgan fingerprint density at radius 1 is 1.04 bits per heavy atom. The molecule has 0 unspecified atom stereocenters. The molecule has 0 bridgehead atoms. The van der Waals surface area contributed by atoms with Gasteiger partial charge in [-0.1, -0.05) is 35.9 Å². The van der Waals surface area contributed by atoms with Gasteiger partial charge in [0.25, 0.3) is 5.91 Å². The van der Waals surface area contributed by atoms with Crippen LogP contribution in [0.25, 0.3) is 0 Å². The predicted molar refractivity (Wildman–Crippen MR) is 97.3 cm³/mol. The quantitative estimate of drug-likeness (QED) is 0.801. The van der Waals surface area contributed by atoms with E-state index in [0.717, 1.165) is 0 Å². The van der Waals surface area contributed by atoms with Crippen molar-refractivity contribution in [3.63, 3.8) is 0 Å². The number of carbonyl (C=O) groups excluding carboxylic acids is 1. The largest absolute Gasteiger partial charge is 0.336 e. The Balaban J connectivity index is 1.75. The average Bonchev–Trinajstić information content (AvgIpc) is 2.62. The van der Waals surface area contributed by atoms with E-state index in [1.54, 1.807) is 31.2 Å². The fourth-order valence-corrected chi connectivity index (χ4v) is 4.87. The van der Waals surface area contributed by atoms with Crippen LogP contribution in [0.3, 0.4) is 0 Å². The van der Waals surface area contributed by atoms with E-state index < -0.39 is 21.7 Å². The lowest BCUT2D eigenvalue weighted by atomic mass is 10.1. The molecule has 5 nitrogen and oxygen atoms in total. The second-order valence-electron chi connectivity index (χ2n) is 6.06. The minimum absolute atomic E-state index is 0.0463. The zero-order valence-electron chi connectivity index (χ0n) is 14.2. The van der Waals surface area contributed by atoms with Crippen LogP contribution in [0.4, 0.5) is 4.39 Å². The van der Waals surface area contributed by atoms with Crippen molar-refractivity contribution in [1.29, 1.82) is 0 Å². The number of hydrogen-bond acceptors (Lipinski definition) is 3. The number of sulfonamides is 1. The van der Waals surface area contributed by atoms with E-state index >= 15 is 0 Å². The maximum atomic E-state index is 13.9. The molecule has 0 atom stereocenters. The number of rotatable bonds is 3. The molecular formula is C18H18ClFN2O3S. The van der Waals surface area contributed by atoms with Crippen LogP contribution in [0, 0.1) is 12.7 Å². The topological polar surface area (TPSA) is 57.7 Å². The molecule has 0 aromatic heterocycles. The summed E-state index contributed by atoms with van der Waals surface area (Å²) in [4.78, 5) is 14.2. The number of nitrogens with zero attached hydrogens (tertiary/aromatic N) is 2. The van der Waals surface area contributed by atoms with Gasteiger partial charge >= 0.3 is 0 Å². The molecule has 0 N–H and O–H groups in total. The van der Waals surface area contributed by atoms with Gasteiger partial charge in [-0.2, -0.15) is 4.31 Å². The Labute approximate surface area is 157 Å². The highest BCUT2D eigenvalue weighted by Crippen LogP contribution is 2.24. The van der Waals surface area contributed by atoms with E-state index in [1.807, 2.05) is 0 Å². The molecule has 1 saturated heterocycles. The van der Waals surface area contributed by atoms with Crippen molar-refractivity contribution in [3.8, 4) is 0 Å². The Bertz CT molecular complexity index is 921. The first-order valence-electron chi connectivity index (χ1n) is 8.11. The second kappa shape index (κ2) is 7.34. The molecule has 0 radical (unpaired) electrons. The Morgan fingerprint density at radius 3 is 2.31 bits per heavy atom. The van der Waals surface area contributed by atoms with Crippen LogP contribution in [-0.2, 0) is 10.0 Å². The van der Waals surface area contributed by atoms with Crippen molar-refractivity contribution >= 4 is 27.5 Å². The van der Waals surface area contributed by atoms with Gasteiger partial charge in [-0.25, -0.2) is 12.8 Å². The summed E-state index contributed by atoms with van der Waals surface area (Å²) in [5, 5.41) is 0.0463. The lowest BCUT2D eigenvalue weighted by molar-refractivity contribution is 0.0693. The first-order valence-corrected chi connectivity index (χ1v) is 9.93. The highest BCUT2D eigenvalue weighted by atomic mass is 35.5. The van der Waals surface area contributed by atoms with E-state index in [4.69, 9.17) is 11.6 Å². The zero-order valence-corrected chi connectivity index (χ0v) is 15.7.